The number of aryl methyl sites for hydroxylation is 2. The van der Waals surface area contributed by atoms with Crippen LogP contribution >= 0.6 is 0 Å². The number of rotatable bonds is 0. The number of aromatic hydroxyl groups is 1. The lowest BCUT2D eigenvalue weighted by Gasteiger charge is -2.06. The molecule has 0 saturated carbocycles. The summed E-state index contributed by atoms with van der Waals surface area (Å²) in [6.45, 7) is 4.12. The SMILES string of the molecule is Cc1cc2cc(N)c(O)cc2cc1C. The van der Waals surface area contributed by atoms with Crippen LogP contribution in [0.1, 0.15) is 11.1 Å². The van der Waals surface area contributed by atoms with Crippen molar-refractivity contribution in [1.29, 1.82) is 0 Å². The molecule has 0 radical (unpaired) electrons. The Labute approximate surface area is 83.0 Å². The zero-order valence-corrected chi connectivity index (χ0v) is 8.33. The normalized spacial score (nSPS) is 10.7. The van der Waals surface area contributed by atoms with E-state index in [2.05, 4.69) is 26.0 Å². The molecule has 0 unspecified atom stereocenters. The Kier molecular flexibility index (Phi) is 1.84. The number of fused-ring (bicyclic) bond motifs is 1. The number of benzene rings is 2. The van der Waals surface area contributed by atoms with Crippen molar-refractivity contribution < 1.29 is 5.11 Å². The molecule has 3 N–H and O–H groups in total. The summed E-state index contributed by atoms with van der Waals surface area (Å²) in [4.78, 5) is 0. The molecule has 2 heteroatoms. The van der Waals surface area contributed by atoms with Gasteiger partial charge >= 0.3 is 0 Å². The number of phenolic OH excluding ortho intramolecular Hbond substituents is 1. The van der Waals surface area contributed by atoms with Crippen LogP contribution in [0.25, 0.3) is 10.8 Å². The molecule has 0 atom stereocenters. The fourth-order valence-corrected chi connectivity index (χ4v) is 1.58. The van der Waals surface area contributed by atoms with Crippen LogP contribution in [0.2, 0.25) is 0 Å². The molecule has 2 nitrogen and oxygen atoms in total. The van der Waals surface area contributed by atoms with Gasteiger partial charge < -0.3 is 10.8 Å². The fraction of sp³-hybridized carbons (Fsp3) is 0.167. The minimum Gasteiger partial charge on any atom is -0.506 e. The molecule has 2 aromatic carbocycles. The topological polar surface area (TPSA) is 46.2 Å². The highest BCUT2D eigenvalue weighted by Gasteiger charge is 2.02. The maximum absolute atomic E-state index is 9.45. The van der Waals surface area contributed by atoms with Crippen LogP contribution < -0.4 is 5.73 Å². The average molecular weight is 187 g/mol. The van der Waals surface area contributed by atoms with Gasteiger partial charge in [-0.15, -0.1) is 0 Å². The molecule has 0 bridgehead atoms. The molecule has 72 valence electrons. The molecule has 0 amide bonds. The van der Waals surface area contributed by atoms with E-state index in [0.29, 0.717) is 5.69 Å². The second-order valence-corrected chi connectivity index (χ2v) is 3.69. The summed E-state index contributed by atoms with van der Waals surface area (Å²) in [5, 5.41) is 11.6. The lowest BCUT2D eigenvalue weighted by atomic mass is 10.0. The molecule has 0 aliphatic heterocycles. The van der Waals surface area contributed by atoms with E-state index in [9.17, 15) is 5.11 Å². The Balaban J connectivity index is 2.83. The highest BCUT2D eigenvalue weighted by Crippen LogP contribution is 2.28. The van der Waals surface area contributed by atoms with Gasteiger partial charge in [0.05, 0.1) is 5.69 Å². The summed E-state index contributed by atoms with van der Waals surface area (Å²) >= 11 is 0. The van der Waals surface area contributed by atoms with Crippen molar-refractivity contribution in [3.8, 4) is 5.75 Å². The zero-order chi connectivity index (χ0) is 10.3. The number of nitrogen functional groups attached to an aromatic ring is 1. The third-order valence-electron chi connectivity index (χ3n) is 2.60. The summed E-state index contributed by atoms with van der Waals surface area (Å²) < 4.78 is 0. The van der Waals surface area contributed by atoms with Crippen molar-refractivity contribution in [2.45, 2.75) is 13.8 Å². The van der Waals surface area contributed by atoms with Crippen molar-refractivity contribution >= 4 is 16.5 Å². The van der Waals surface area contributed by atoms with Gasteiger partial charge in [-0.1, -0.05) is 12.1 Å². The number of hydrogen-bond donors (Lipinski definition) is 2. The molecule has 0 fully saturated rings. The maximum atomic E-state index is 9.45. The van der Waals surface area contributed by atoms with E-state index >= 15 is 0 Å². The first-order chi connectivity index (χ1) is 6.58. The van der Waals surface area contributed by atoms with Crippen LogP contribution in [0.3, 0.4) is 0 Å². The fourth-order valence-electron chi connectivity index (χ4n) is 1.58. The van der Waals surface area contributed by atoms with Gasteiger partial charge in [0.1, 0.15) is 5.75 Å². The molecule has 14 heavy (non-hydrogen) atoms. The molecule has 0 aliphatic carbocycles. The van der Waals surface area contributed by atoms with E-state index in [-0.39, 0.29) is 5.75 Å². The third-order valence-corrected chi connectivity index (χ3v) is 2.60. The van der Waals surface area contributed by atoms with E-state index in [1.165, 1.54) is 11.1 Å². The molecule has 2 aromatic rings. The van der Waals surface area contributed by atoms with E-state index in [4.69, 9.17) is 5.73 Å². The number of hydrogen-bond acceptors (Lipinski definition) is 2. The van der Waals surface area contributed by atoms with Gasteiger partial charge in [-0.05, 0) is 47.9 Å². The Morgan fingerprint density at radius 1 is 0.929 bits per heavy atom. The maximum Gasteiger partial charge on any atom is 0.139 e. The standard InChI is InChI=1S/C12H13NO/c1-7-3-9-5-11(13)12(14)6-10(9)4-8(7)2/h3-6,14H,13H2,1-2H3. The second kappa shape index (κ2) is 2.91. The quantitative estimate of drug-likeness (QED) is 0.492. The Morgan fingerprint density at radius 3 is 2.00 bits per heavy atom. The number of phenols is 1. The van der Waals surface area contributed by atoms with Crippen LogP contribution in [0.15, 0.2) is 24.3 Å². The van der Waals surface area contributed by atoms with E-state index < -0.39 is 0 Å². The first-order valence-corrected chi connectivity index (χ1v) is 4.57. The Bertz CT molecular complexity index is 414. The minimum absolute atomic E-state index is 0.153. The van der Waals surface area contributed by atoms with Gasteiger partial charge in [0.15, 0.2) is 0 Å². The van der Waals surface area contributed by atoms with Gasteiger partial charge in [0, 0.05) is 0 Å². The molecule has 2 rings (SSSR count). The van der Waals surface area contributed by atoms with Gasteiger partial charge in [-0.3, -0.25) is 0 Å². The summed E-state index contributed by atoms with van der Waals surface area (Å²) in [6, 6.07) is 7.65. The predicted octanol–water partition coefficient (Wildman–Crippen LogP) is 2.74. The number of anilines is 1. The lowest BCUT2D eigenvalue weighted by molar-refractivity contribution is 0.479. The summed E-state index contributed by atoms with van der Waals surface area (Å²) in [5.74, 6) is 0.153. The average Bonchev–Trinajstić information content (AvgIpc) is 2.11. The minimum atomic E-state index is 0.153. The van der Waals surface area contributed by atoms with E-state index in [1.54, 1.807) is 12.1 Å². The first-order valence-electron chi connectivity index (χ1n) is 4.57. The van der Waals surface area contributed by atoms with Crippen molar-refractivity contribution in [1.82, 2.24) is 0 Å². The predicted molar refractivity (Wildman–Crippen MR) is 59.5 cm³/mol. The Morgan fingerprint density at radius 2 is 1.43 bits per heavy atom. The van der Waals surface area contributed by atoms with Crippen LogP contribution in [0, 0.1) is 13.8 Å². The summed E-state index contributed by atoms with van der Waals surface area (Å²) in [5.41, 5.74) is 8.52. The van der Waals surface area contributed by atoms with Crippen molar-refractivity contribution in [3.63, 3.8) is 0 Å². The molecule has 0 aliphatic rings. The third kappa shape index (κ3) is 1.29. The van der Waals surface area contributed by atoms with Crippen LogP contribution in [-0.4, -0.2) is 5.11 Å². The van der Waals surface area contributed by atoms with Crippen LogP contribution in [0.5, 0.6) is 5.75 Å². The Hall–Kier alpha value is -1.70. The molecule has 0 saturated heterocycles. The highest BCUT2D eigenvalue weighted by atomic mass is 16.3. The smallest absolute Gasteiger partial charge is 0.139 e. The zero-order valence-electron chi connectivity index (χ0n) is 8.33. The first kappa shape index (κ1) is 8.88. The van der Waals surface area contributed by atoms with Crippen LogP contribution in [-0.2, 0) is 0 Å². The largest absolute Gasteiger partial charge is 0.506 e. The number of nitrogens with two attached hydrogens (primary N) is 1. The second-order valence-electron chi connectivity index (χ2n) is 3.69. The van der Waals surface area contributed by atoms with Gasteiger partial charge in [-0.2, -0.15) is 0 Å². The molecular weight excluding hydrogens is 174 g/mol. The van der Waals surface area contributed by atoms with Crippen LogP contribution in [0.4, 0.5) is 5.69 Å². The summed E-state index contributed by atoms with van der Waals surface area (Å²) in [7, 11) is 0. The van der Waals surface area contributed by atoms with Crippen molar-refractivity contribution in [2.75, 3.05) is 5.73 Å². The van der Waals surface area contributed by atoms with Crippen molar-refractivity contribution in [2.24, 2.45) is 0 Å². The summed E-state index contributed by atoms with van der Waals surface area (Å²) in [6.07, 6.45) is 0. The van der Waals surface area contributed by atoms with Gasteiger partial charge in [0.25, 0.3) is 0 Å². The van der Waals surface area contributed by atoms with E-state index in [1.807, 2.05) is 0 Å². The van der Waals surface area contributed by atoms with Gasteiger partial charge in [0.2, 0.25) is 0 Å². The molecule has 0 spiro atoms. The molecular formula is C12H13NO. The van der Waals surface area contributed by atoms with E-state index in [0.717, 1.165) is 10.8 Å². The molecule has 0 heterocycles. The molecule has 0 aromatic heterocycles. The lowest BCUT2D eigenvalue weighted by Crippen LogP contribution is -1.87. The highest BCUT2D eigenvalue weighted by molar-refractivity contribution is 5.89. The van der Waals surface area contributed by atoms with Gasteiger partial charge in [-0.25, -0.2) is 0 Å². The monoisotopic (exact) mass is 187 g/mol. The van der Waals surface area contributed by atoms with Crippen molar-refractivity contribution in [3.05, 3.63) is 35.4 Å².